The van der Waals surface area contributed by atoms with E-state index in [2.05, 4.69) is 5.32 Å². The van der Waals surface area contributed by atoms with Gasteiger partial charge in [0.1, 0.15) is 5.41 Å². The summed E-state index contributed by atoms with van der Waals surface area (Å²) in [7, 11) is -8.31. The molecular weight excluding hydrogens is 1090 g/mol. The maximum Gasteiger partial charge on any atom is 0.402 e. The van der Waals surface area contributed by atoms with E-state index in [0.29, 0.717) is 13.0 Å². The summed E-state index contributed by atoms with van der Waals surface area (Å²) < 4.78 is 100. The quantitative estimate of drug-likeness (QED) is 0.0443. The molecule has 17 nitrogen and oxygen atoms in total. The van der Waals surface area contributed by atoms with Crippen molar-refractivity contribution in [2.45, 2.75) is 71.2 Å². The molecule has 0 aliphatic heterocycles. The molecule has 410 valence electrons. The Labute approximate surface area is 453 Å². The zero-order valence-corrected chi connectivity index (χ0v) is 43.7. The number of Topliss-reactive ketones (excluding diaryl/α,β-unsaturated/α-hetero) is 3. The summed E-state index contributed by atoms with van der Waals surface area (Å²) in [5, 5.41) is 41.8. The number of carbonyl (C=O) groups excluding carboxylic acids is 4. The fourth-order valence-electron chi connectivity index (χ4n) is 8.64. The molecule has 0 saturated heterocycles. The van der Waals surface area contributed by atoms with Crippen LogP contribution >= 0.6 is 0 Å². The topological polar surface area (TPSA) is 298 Å². The molecule has 0 heterocycles. The number of carbonyl (C=O) groups is 8. The number of nitrogens with one attached hydrogen (secondary N) is 1. The Morgan fingerprint density at radius 3 is 1.16 bits per heavy atom. The van der Waals surface area contributed by atoms with Crippen LogP contribution in [0.5, 0.6) is 0 Å². The van der Waals surface area contributed by atoms with E-state index < -0.39 is 141 Å². The van der Waals surface area contributed by atoms with Crippen LogP contribution in [0.1, 0.15) is 131 Å². The minimum Gasteiger partial charge on any atom is -0.478 e. The van der Waals surface area contributed by atoms with Crippen LogP contribution in [0.15, 0.2) is 165 Å². The zero-order chi connectivity index (χ0) is 58.8. The predicted molar refractivity (Wildman–Crippen MR) is 280 cm³/mol. The lowest BCUT2D eigenvalue weighted by Crippen LogP contribution is -2.41. The highest BCUT2D eigenvalue weighted by molar-refractivity contribution is 7.91. The van der Waals surface area contributed by atoms with E-state index in [9.17, 15) is 75.6 Å². The lowest BCUT2D eigenvalue weighted by molar-refractivity contribution is -0.173. The SMILES string of the molecule is CCC(=O)c1cc(C(=O)Cc2ccc(S(=O)(=O)c3ccc(CC(=O)c4cc(C(C)(c5ccc(C(=O)O)c(C(=O)Nc6ccc(S(=O)(=O)c7ccc(C)cc7)cc6)c5)C(F)(F)F)ccc4C(=O)O)cc3)cc2)c(C(=O)O)cc1C(=O)O. The first-order valence-electron chi connectivity index (χ1n) is 23.7. The van der Waals surface area contributed by atoms with Gasteiger partial charge in [0.05, 0.1) is 47.4 Å². The van der Waals surface area contributed by atoms with Crippen molar-refractivity contribution in [1.29, 1.82) is 0 Å². The Bertz CT molecular complexity index is 3950. The van der Waals surface area contributed by atoms with E-state index >= 15 is 13.2 Å². The molecule has 1 amide bonds. The molecule has 1 atom stereocenters. The van der Waals surface area contributed by atoms with Crippen LogP contribution in [0.25, 0.3) is 0 Å². The third kappa shape index (κ3) is 11.7. The van der Waals surface area contributed by atoms with Gasteiger partial charge >= 0.3 is 30.1 Å². The molecule has 7 aromatic carbocycles. The highest BCUT2D eigenvalue weighted by atomic mass is 32.2. The molecule has 1 unspecified atom stereocenters. The summed E-state index contributed by atoms with van der Waals surface area (Å²) in [6, 6.07) is 26.5. The van der Waals surface area contributed by atoms with E-state index in [0.717, 1.165) is 72.3 Å². The molecular formula is C58H44F3NO16S2. The standard InChI is InChI=1S/C58H44F3NO16S2/c1-4-49(63)44-29-45(48(56(73)74)30-47(44)55(71)72)51(65)26-33-9-19-39(20-10-33)80(77,78)38-17-7-32(8-18-38)25-50(64)43-27-34(11-23-41(43)53(67)68)57(3,58(59,60)61)35-12-24-42(54(69)70)46(28-35)52(66)62-36-13-21-40(22-14-36)79(75,76)37-15-5-31(2)6-16-37/h5-24,27-30H,4,25-26H2,1-3H3,(H,62,66)(H,67,68)(H,69,70)(H,71,72)(H,73,74). The Kier molecular flexibility index (Phi) is 16.4. The first kappa shape index (κ1) is 58.3. The van der Waals surface area contributed by atoms with E-state index in [1.54, 1.807) is 19.1 Å². The van der Waals surface area contributed by atoms with Crippen LogP contribution < -0.4 is 5.32 Å². The van der Waals surface area contributed by atoms with Gasteiger partial charge in [0.25, 0.3) is 5.91 Å². The average Bonchev–Trinajstić information content (AvgIpc) is 3.60. The summed E-state index contributed by atoms with van der Waals surface area (Å²) in [4.78, 5) is 101. The molecule has 7 aromatic rings. The second-order valence-corrected chi connectivity index (χ2v) is 22.3. The number of halogens is 3. The van der Waals surface area contributed by atoms with Gasteiger partial charge in [-0.3, -0.25) is 19.2 Å². The van der Waals surface area contributed by atoms with Crippen LogP contribution in [0.2, 0.25) is 0 Å². The van der Waals surface area contributed by atoms with E-state index in [1.165, 1.54) is 67.6 Å². The van der Waals surface area contributed by atoms with Crippen LogP contribution in [0.4, 0.5) is 18.9 Å². The minimum atomic E-state index is -5.26. The number of carboxylic acids is 4. The van der Waals surface area contributed by atoms with E-state index in [-0.39, 0.29) is 48.4 Å². The molecule has 0 aliphatic rings. The molecule has 5 N–H and O–H groups in total. The van der Waals surface area contributed by atoms with Gasteiger partial charge in [-0.2, -0.15) is 13.2 Å². The third-order valence-corrected chi connectivity index (χ3v) is 16.8. The number of aromatic carboxylic acids is 4. The number of benzene rings is 7. The molecule has 80 heavy (non-hydrogen) atoms. The zero-order valence-electron chi connectivity index (χ0n) is 42.1. The first-order chi connectivity index (χ1) is 37.5. The Morgan fingerprint density at radius 2 is 0.775 bits per heavy atom. The van der Waals surface area contributed by atoms with E-state index in [4.69, 9.17) is 0 Å². The van der Waals surface area contributed by atoms with Gasteiger partial charge in [0.15, 0.2) is 17.3 Å². The van der Waals surface area contributed by atoms with Crippen LogP contribution in [0.3, 0.4) is 0 Å². The smallest absolute Gasteiger partial charge is 0.402 e. The number of carboxylic acid groups (broad SMARTS) is 4. The van der Waals surface area contributed by atoms with Crippen LogP contribution in [0, 0.1) is 6.92 Å². The molecule has 0 spiro atoms. The lowest BCUT2D eigenvalue weighted by Gasteiger charge is -2.34. The van der Waals surface area contributed by atoms with Crippen molar-refractivity contribution in [2.75, 3.05) is 5.32 Å². The van der Waals surface area contributed by atoms with Crippen molar-refractivity contribution in [3.05, 3.63) is 218 Å². The van der Waals surface area contributed by atoms with Gasteiger partial charge in [-0.25, -0.2) is 36.0 Å². The summed E-state index contributed by atoms with van der Waals surface area (Å²) in [5.41, 5.74) is -8.34. The van der Waals surface area contributed by atoms with Gasteiger partial charge in [-0.1, -0.05) is 61.0 Å². The number of hydrogen-bond donors (Lipinski definition) is 5. The number of hydrogen-bond acceptors (Lipinski definition) is 12. The summed E-state index contributed by atoms with van der Waals surface area (Å²) >= 11 is 0. The fourth-order valence-corrected chi connectivity index (χ4v) is 11.2. The number of anilines is 1. The second kappa shape index (κ2) is 22.5. The number of aryl methyl sites for hydroxylation is 1. The average molecular weight is 1130 g/mol. The number of sulfone groups is 2. The van der Waals surface area contributed by atoms with E-state index in [1.807, 2.05) is 0 Å². The Hall–Kier alpha value is -9.41. The van der Waals surface area contributed by atoms with Gasteiger partial charge in [-0.15, -0.1) is 0 Å². The number of rotatable bonds is 20. The molecule has 0 bridgehead atoms. The molecule has 0 aliphatic carbocycles. The number of amides is 1. The lowest BCUT2D eigenvalue weighted by atomic mass is 9.73. The monoisotopic (exact) mass is 1130 g/mol. The fraction of sp³-hybridized carbons (Fsp3) is 0.138. The van der Waals surface area contributed by atoms with Crippen LogP contribution in [-0.4, -0.2) is 90.6 Å². The molecule has 22 heteroatoms. The molecule has 0 radical (unpaired) electrons. The molecule has 0 fully saturated rings. The van der Waals surface area contributed by atoms with Crippen molar-refractivity contribution in [3.63, 3.8) is 0 Å². The predicted octanol–water partition coefficient (Wildman–Crippen LogP) is 10.0. The number of ketones is 3. The van der Waals surface area contributed by atoms with Crippen molar-refractivity contribution in [3.8, 4) is 0 Å². The molecule has 0 aromatic heterocycles. The van der Waals surface area contributed by atoms with Crippen molar-refractivity contribution >= 4 is 72.5 Å². The Balaban J connectivity index is 1.12. The summed E-state index contributed by atoms with van der Waals surface area (Å²) in [6.07, 6.45) is -6.54. The van der Waals surface area contributed by atoms with Crippen molar-refractivity contribution < 1.29 is 88.8 Å². The molecule has 0 saturated carbocycles. The molecule has 7 rings (SSSR count). The highest BCUT2D eigenvalue weighted by Gasteiger charge is 2.54. The second-order valence-electron chi connectivity index (χ2n) is 18.4. The largest absolute Gasteiger partial charge is 0.478 e. The number of alkyl halides is 3. The van der Waals surface area contributed by atoms with Gasteiger partial charge in [0, 0.05) is 41.6 Å². The van der Waals surface area contributed by atoms with Crippen LogP contribution in [-0.2, 0) is 37.9 Å². The highest BCUT2D eigenvalue weighted by Crippen LogP contribution is 2.47. The summed E-state index contributed by atoms with van der Waals surface area (Å²) in [6.45, 7) is 3.90. The van der Waals surface area contributed by atoms with Gasteiger partial charge < -0.3 is 25.7 Å². The van der Waals surface area contributed by atoms with Gasteiger partial charge in [-0.05, 0) is 133 Å². The summed E-state index contributed by atoms with van der Waals surface area (Å²) in [5.74, 6) is -10.2. The maximum atomic E-state index is 15.6. The maximum absolute atomic E-state index is 15.6. The Morgan fingerprint density at radius 1 is 0.438 bits per heavy atom. The minimum absolute atomic E-state index is 0.0120. The first-order valence-corrected chi connectivity index (χ1v) is 26.7. The third-order valence-electron chi connectivity index (χ3n) is 13.3. The van der Waals surface area contributed by atoms with Crippen molar-refractivity contribution in [2.24, 2.45) is 0 Å². The van der Waals surface area contributed by atoms with Crippen molar-refractivity contribution in [1.82, 2.24) is 0 Å². The normalized spacial score (nSPS) is 12.4. The van der Waals surface area contributed by atoms with Gasteiger partial charge in [0.2, 0.25) is 19.7 Å².